The number of carbonyl (C=O) groups is 1. The van der Waals surface area contributed by atoms with Gasteiger partial charge in [-0.1, -0.05) is 44.6 Å². The van der Waals surface area contributed by atoms with Gasteiger partial charge in [-0.2, -0.15) is 9.97 Å². The predicted molar refractivity (Wildman–Crippen MR) is 166 cm³/mol. The van der Waals surface area contributed by atoms with Crippen molar-refractivity contribution in [2.24, 2.45) is 15.4 Å². The van der Waals surface area contributed by atoms with Crippen LogP contribution in [0.25, 0.3) is 0 Å². The third kappa shape index (κ3) is 9.81. The molecular weight excluding hydrogens is 488 g/mol. The lowest BCUT2D eigenvalue weighted by atomic mass is 9.88. The molecule has 0 aromatic carbocycles. The van der Waals surface area contributed by atoms with E-state index in [2.05, 4.69) is 74.8 Å². The van der Waals surface area contributed by atoms with Crippen molar-refractivity contribution in [3.8, 4) is 0 Å². The van der Waals surface area contributed by atoms with Crippen molar-refractivity contribution in [2.45, 2.75) is 54.9 Å². The van der Waals surface area contributed by atoms with Crippen LogP contribution in [0, 0.1) is 12.3 Å². The van der Waals surface area contributed by atoms with E-state index in [1.807, 2.05) is 22.8 Å². The molecule has 1 aliphatic rings. The number of nitrogens with one attached hydrogen (secondary N) is 2. The van der Waals surface area contributed by atoms with Gasteiger partial charge in [0.2, 0.25) is 11.9 Å². The van der Waals surface area contributed by atoms with Crippen LogP contribution >= 0.6 is 0 Å². The summed E-state index contributed by atoms with van der Waals surface area (Å²) in [5.41, 5.74) is 5.44. The third-order valence-corrected chi connectivity index (χ3v) is 6.13. The highest BCUT2D eigenvalue weighted by atomic mass is 16.2. The smallest absolute Gasteiger partial charge is 0.242 e. The Morgan fingerprint density at radius 1 is 1.10 bits per heavy atom. The first-order valence-electron chi connectivity index (χ1n) is 13.3. The van der Waals surface area contributed by atoms with Crippen LogP contribution in [0.2, 0.25) is 0 Å². The number of hydrogen-bond donors (Lipinski definition) is 2. The van der Waals surface area contributed by atoms with Crippen molar-refractivity contribution < 1.29 is 4.79 Å². The Bertz CT molecular complexity index is 1180. The van der Waals surface area contributed by atoms with Gasteiger partial charge in [0.05, 0.1) is 6.34 Å². The van der Waals surface area contributed by atoms with E-state index >= 15 is 0 Å². The van der Waals surface area contributed by atoms with Crippen LogP contribution in [0.4, 0.5) is 17.6 Å². The third-order valence-electron chi connectivity index (χ3n) is 6.13. The molecule has 1 saturated heterocycles. The van der Waals surface area contributed by atoms with Gasteiger partial charge in [0.1, 0.15) is 18.2 Å². The Hall–Kier alpha value is -3.75. The van der Waals surface area contributed by atoms with Crippen LogP contribution in [-0.4, -0.2) is 73.6 Å². The molecule has 39 heavy (non-hydrogen) atoms. The number of amides is 1. The Morgan fingerprint density at radius 2 is 1.79 bits per heavy atom. The van der Waals surface area contributed by atoms with E-state index in [9.17, 15) is 4.79 Å². The average Bonchev–Trinajstić information content (AvgIpc) is 2.86. The van der Waals surface area contributed by atoms with E-state index < -0.39 is 0 Å². The highest BCUT2D eigenvalue weighted by molar-refractivity contribution is 5.84. The van der Waals surface area contributed by atoms with Gasteiger partial charge in [0.15, 0.2) is 0 Å². The first kappa shape index (κ1) is 31.5. The number of allylic oxidation sites excluding steroid dienone is 4. The van der Waals surface area contributed by atoms with Gasteiger partial charge in [0, 0.05) is 51.2 Å². The first-order chi connectivity index (χ1) is 18.4. The molecule has 0 atom stereocenters. The van der Waals surface area contributed by atoms with Crippen LogP contribution in [0.1, 0.15) is 53.5 Å². The van der Waals surface area contributed by atoms with Gasteiger partial charge < -0.3 is 20.4 Å². The largest absolute Gasteiger partial charge is 0.340 e. The molecule has 0 bridgehead atoms. The minimum absolute atomic E-state index is 0.0106. The standard InChI is InChI=1S/C30H46N8O/c1-11-24(12-13-31-9)18-37-14-15-38(19-26(37)39)29-35-27(33-20-32-10)23(5)28(36-29)34-25(21(2)3)16-22(4)17-30(6,7)8/h11-13,16,20H,1,14-15,17-19H2,2-10H3,(H2,32,33,34,35,36)/b22-16+,24-12+,31-13?. The zero-order valence-electron chi connectivity index (χ0n) is 25.2. The maximum atomic E-state index is 13.1. The summed E-state index contributed by atoms with van der Waals surface area (Å²) in [5, 5.41) is 6.71. The fraction of sp³-hybridized carbons (Fsp3) is 0.500. The van der Waals surface area contributed by atoms with Crippen LogP contribution < -0.4 is 15.5 Å². The topological polar surface area (TPSA) is 98.1 Å². The van der Waals surface area contributed by atoms with Gasteiger partial charge in [0.25, 0.3) is 0 Å². The summed E-state index contributed by atoms with van der Waals surface area (Å²) in [5.74, 6) is 1.83. The summed E-state index contributed by atoms with van der Waals surface area (Å²) in [6.45, 7) is 20.7. The lowest BCUT2D eigenvalue weighted by Crippen LogP contribution is -2.51. The summed E-state index contributed by atoms with van der Waals surface area (Å²) in [6, 6.07) is 0. The first-order valence-corrected chi connectivity index (χ1v) is 13.3. The molecule has 1 aromatic rings. The number of aromatic nitrogens is 2. The lowest BCUT2D eigenvalue weighted by Gasteiger charge is -2.35. The summed E-state index contributed by atoms with van der Waals surface area (Å²) in [7, 11) is 3.41. The van der Waals surface area contributed by atoms with Crippen LogP contribution in [-0.2, 0) is 4.79 Å². The maximum absolute atomic E-state index is 13.1. The molecule has 9 heteroatoms. The second kappa shape index (κ2) is 14.4. The molecular formula is C30H46N8O. The van der Waals surface area contributed by atoms with Crippen LogP contribution in [0.3, 0.4) is 0 Å². The number of nitrogens with zero attached hydrogens (tertiary/aromatic N) is 6. The molecule has 1 fully saturated rings. The van der Waals surface area contributed by atoms with Gasteiger partial charge in [-0.3, -0.25) is 14.8 Å². The van der Waals surface area contributed by atoms with E-state index in [0.29, 0.717) is 37.2 Å². The molecule has 0 spiro atoms. The maximum Gasteiger partial charge on any atom is 0.242 e. The lowest BCUT2D eigenvalue weighted by molar-refractivity contribution is -0.130. The molecule has 9 nitrogen and oxygen atoms in total. The Morgan fingerprint density at radius 3 is 2.36 bits per heavy atom. The molecule has 0 radical (unpaired) electrons. The van der Waals surface area contributed by atoms with Crippen molar-refractivity contribution in [2.75, 3.05) is 55.8 Å². The number of hydrogen-bond acceptors (Lipinski definition) is 7. The fourth-order valence-electron chi connectivity index (χ4n) is 4.22. The van der Waals surface area contributed by atoms with E-state index in [0.717, 1.165) is 28.8 Å². The zero-order chi connectivity index (χ0) is 29.2. The van der Waals surface area contributed by atoms with E-state index in [-0.39, 0.29) is 17.9 Å². The predicted octanol–water partition coefficient (Wildman–Crippen LogP) is 5.40. The number of aliphatic imine (C=N–C) groups is 2. The Balaban J connectivity index is 2.38. The van der Waals surface area contributed by atoms with Crippen LogP contribution in [0.5, 0.6) is 0 Å². The van der Waals surface area contributed by atoms with Gasteiger partial charge in [-0.15, -0.1) is 0 Å². The van der Waals surface area contributed by atoms with Crippen molar-refractivity contribution in [3.63, 3.8) is 0 Å². The molecule has 0 saturated carbocycles. The van der Waals surface area contributed by atoms with Crippen LogP contribution in [0.15, 0.2) is 57.2 Å². The molecule has 0 aliphatic carbocycles. The summed E-state index contributed by atoms with van der Waals surface area (Å²) < 4.78 is 0. The van der Waals surface area contributed by atoms with Crippen molar-refractivity contribution in [1.82, 2.24) is 14.9 Å². The van der Waals surface area contributed by atoms with E-state index in [1.54, 1.807) is 32.7 Å². The summed E-state index contributed by atoms with van der Waals surface area (Å²) in [6.07, 6.45) is 10.1. The number of piperazine rings is 1. The normalized spacial score (nSPS) is 15.4. The van der Waals surface area contributed by atoms with Crippen molar-refractivity contribution in [1.29, 1.82) is 0 Å². The zero-order valence-corrected chi connectivity index (χ0v) is 25.2. The monoisotopic (exact) mass is 534 g/mol. The second-order valence-electron chi connectivity index (χ2n) is 11.2. The highest BCUT2D eigenvalue weighted by Crippen LogP contribution is 2.28. The number of anilines is 3. The molecule has 1 amide bonds. The number of rotatable bonds is 11. The SMILES string of the molecule is C=C/C(=C\C=NC)CN1CCN(c2nc(NC=NC)c(C)c(NC(/C=C(\C)CC(C)(C)C)=C(C)C)n2)CC1=O. The minimum Gasteiger partial charge on any atom is -0.340 e. The average molecular weight is 535 g/mol. The second-order valence-corrected chi connectivity index (χ2v) is 11.2. The quantitative estimate of drug-likeness (QED) is 0.224. The molecule has 2 rings (SSSR count). The van der Waals surface area contributed by atoms with E-state index in [1.165, 1.54) is 5.57 Å². The van der Waals surface area contributed by atoms with E-state index in [4.69, 9.17) is 9.97 Å². The molecule has 212 valence electrons. The van der Waals surface area contributed by atoms with Gasteiger partial charge in [-0.05, 0) is 57.3 Å². The molecule has 2 N–H and O–H groups in total. The van der Waals surface area contributed by atoms with Crippen molar-refractivity contribution >= 4 is 36.0 Å². The fourth-order valence-corrected chi connectivity index (χ4v) is 4.22. The van der Waals surface area contributed by atoms with Gasteiger partial charge >= 0.3 is 0 Å². The summed E-state index contributed by atoms with van der Waals surface area (Å²) >= 11 is 0. The summed E-state index contributed by atoms with van der Waals surface area (Å²) in [4.78, 5) is 34.5. The number of carbonyl (C=O) groups excluding carboxylic acids is 1. The molecule has 0 unspecified atom stereocenters. The Kier molecular flexibility index (Phi) is 11.6. The van der Waals surface area contributed by atoms with Crippen molar-refractivity contribution in [3.05, 3.63) is 52.8 Å². The highest BCUT2D eigenvalue weighted by Gasteiger charge is 2.27. The van der Waals surface area contributed by atoms with Gasteiger partial charge in [-0.25, -0.2) is 0 Å². The minimum atomic E-state index is 0.0106. The molecule has 1 aliphatic heterocycles. The Labute approximate surface area is 234 Å². The molecule has 2 heterocycles. The molecule has 1 aromatic heterocycles.